The van der Waals surface area contributed by atoms with Crippen LogP contribution < -0.4 is 11.0 Å². The molecule has 0 saturated heterocycles. The maximum atomic E-state index is 12.5. The van der Waals surface area contributed by atoms with Gasteiger partial charge >= 0.3 is 5.69 Å². The lowest BCUT2D eigenvalue weighted by atomic mass is 10.3. The van der Waals surface area contributed by atoms with E-state index in [4.69, 9.17) is 4.42 Å². The monoisotopic (exact) mass is 350 g/mol. The molecule has 2 aromatic heterocycles. The van der Waals surface area contributed by atoms with Gasteiger partial charge in [-0.1, -0.05) is 19.1 Å². The van der Waals surface area contributed by atoms with Crippen LogP contribution in [0.15, 0.2) is 51.7 Å². The number of aromatic nitrogens is 3. The third kappa shape index (κ3) is 2.67. The molecule has 1 N–H and O–H groups in total. The number of para-hydroxylation sites is 2. The van der Waals surface area contributed by atoms with E-state index in [1.165, 1.54) is 9.13 Å². The number of hydrogen-bond donors (Lipinski definition) is 1. The van der Waals surface area contributed by atoms with Crippen molar-refractivity contribution < 1.29 is 9.21 Å². The van der Waals surface area contributed by atoms with Gasteiger partial charge in [-0.2, -0.15) is 0 Å². The Balaban J connectivity index is 1.60. The van der Waals surface area contributed by atoms with Crippen LogP contribution >= 0.6 is 0 Å². The second kappa shape index (κ2) is 6.18. The summed E-state index contributed by atoms with van der Waals surface area (Å²) in [6.45, 7) is 1.91. The van der Waals surface area contributed by atoms with Crippen LogP contribution in [0.4, 0.5) is 5.69 Å². The fourth-order valence-electron chi connectivity index (χ4n) is 3.06. The third-order valence-electron chi connectivity index (χ3n) is 4.37. The first-order valence-corrected chi connectivity index (χ1v) is 8.40. The smallest absolute Gasteiger partial charge is 0.329 e. The maximum Gasteiger partial charge on any atom is 0.329 e. The zero-order chi connectivity index (χ0) is 18.3. The molecule has 0 aliphatic rings. The first-order valence-electron chi connectivity index (χ1n) is 8.40. The van der Waals surface area contributed by atoms with Gasteiger partial charge in [0, 0.05) is 19.2 Å². The molecule has 4 rings (SSSR count). The molecule has 0 aliphatic heterocycles. The molecular weight excluding hydrogens is 332 g/mol. The van der Waals surface area contributed by atoms with Crippen LogP contribution in [0.2, 0.25) is 0 Å². The summed E-state index contributed by atoms with van der Waals surface area (Å²) in [4.78, 5) is 29.2. The zero-order valence-corrected chi connectivity index (χ0v) is 14.5. The van der Waals surface area contributed by atoms with E-state index >= 15 is 0 Å². The van der Waals surface area contributed by atoms with Gasteiger partial charge in [0.25, 0.3) is 0 Å². The number of carbonyl (C=O) groups is 1. The number of amides is 1. The predicted octanol–water partition coefficient (Wildman–Crippen LogP) is 2.68. The molecule has 26 heavy (non-hydrogen) atoms. The first-order chi connectivity index (χ1) is 12.6. The first kappa shape index (κ1) is 16.1. The summed E-state index contributed by atoms with van der Waals surface area (Å²) in [5.74, 6) is 0.382. The van der Waals surface area contributed by atoms with Gasteiger partial charge in [-0.3, -0.25) is 13.9 Å². The highest BCUT2D eigenvalue weighted by Crippen LogP contribution is 2.20. The van der Waals surface area contributed by atoms with Gasteiger partial charge in [-0.15, -0.1) is 0 Å². The SMILES string of the molecule is CCc1nc2cc(NC(=O)Cn3c(=O)n(C)c4ccccc43)ccc2o1. The lowest BCUT2D eigenvalue weighted by Crippen LogP contribution is -2.28. The summed E-state index contributed by atoms with van der Waals surface area (Å²) in [6, 6.07) is 12.7. The lowest BCUT2D eigenvalue weighted by Gasteiger charge is -2.06. The molecule has 0 atom stereocenters. The number of fused-ring (bicyclic) bond motifs is 2. The molecule has 132 valence electrons. The Labute approximate surface area is 148 Å². The number of aryl methyl sites for hydroxylation is 2. The molecule has 7 heteroatoms. The molecule has 4 aromatic rings. The van der Waals surface area contributed by atoms with E-state index in [1.807, 2.05) is 31.2 Å². The molecule has 0 aliphatic carbocycles. The highest BCUT2D eigenvalue weighted by Gasteiger charge is 2.14. The number of carbonyl (C=O) groups excluding carboxylic acids is 1. The largest absolute Gasteiger partial charge is 0.441 e. The minimum atomic E-state index is -0.276. The summed E-state index contributed by atoms with van der Waals surface area (Å²) in [5.41, 5.74) is 3.30. The molecule has 1 amide bonds. The third-order valence-corrected chi connectivity index (χ3v) is 4.37. The predicted molar refractivity (Wildman–Crippen MR) is 99.2 cm³/mol. The zero-order valence-electron chi connectivity index (χ0n) is 14.5. The second-order valence-corrected chi connectivity index (χ2v) is 6.11. The van der Waals surface area contributed by atoms with Crippen molar-refractivity contribution in [3.8, 4) is 0 Å². The Kier molecular flexibility index (Phi) is 3.84. The van der Waals surface area contributed by atoms with Gasteiger partial charge in [-0.05, 0) is 30.3 Å². The van der Waals surface area contributed by atoms with Crippen LogP contribution in [-0.4, -0.2) is 20.0 Å². The van der Waals surface area contributed by atoms with Gasteiger partial charge in [0.15, 0.2) is 11.5 Å². The number of imidazole rings is 1. The van der Waals surface area contributed by atoms with Gasteiger partial charge in [0.05, 0.1) is 11.0 Å². The van der Waals surface area contributed by atoms with Crippen molar-refractivity contribution in [3.05, 3.63) is 58.8 Å². The van der Waals surface area contributed by atoms with E-state index in [-0.39, 0.29) is 18.1 Å². The number of benzene rings is 2. The average molecular weight is 350 g/mol. The van der Waals surface area contributed by atoms with Crippen LogP contribution in [0.3, 0.4) is 0 Å². The lowest BCUT2D eigenvalue weighted by molar-refractivity contribution is -0.116. The normalized spacial score (nSPS) is 11.3. The molecule has 0 fully saturated rings. The Bertz CT molecular complexity index is 1180. The molecule has 2 heterocycles. The Morgan fingerprint density at radius 3 is 2.73 bits per heavy atom. The van der Waals surface area contributed by atoms with Crippen LogP contribution in [0.5, 0.6) is 0 Å². The number of nitrogens with one attached hydrogen (secondary N) is 1. The van der Waals surface area contributed by atoms with E-state index in [0.29, 0.717) is 29.1 Å². The fraction of sp³-hybridized carbons (Fsp3) is 0.211. The topological polar surface area (TPSA) is 82.1 Å². The van der Waals surface area contributed by atoms with Gasteiger partial charge in [0.1, 0.15) is 12.1 Å². The van der Waals surface area contributed by atoms with E-state index in [1.54, 1.807) is 25.2 Å². The van der Waals surface area contributed by atoms with Crippen LogP contribution in [0, 0.1) is 0 Å². The van der Waals surface area contributed by atoms with Crippen molar-refractivity contribution in [2.75, 3.05) is 5.32 Å². The summed E-state index contributed by atoms with van der Waals surface area (Å²) in [6.07, 6.45) is 0.709. The summed E-state index contributed by atoms with van der Waals surface area (Å²) < 4.78 is 8.57. The van der Waals surface area contributed by atoms with Crippen molar-refractivity contribution >= 4 is 33.7 Å². The number of nitrogens with zero attached hydrogens (tertiary/aromatic N) is 3. The fourth-order valence-corrected chi connectivity index (χ4v) is 3.06. The molecule has 0 saturated carbocycles. The molecule has 0 radical (unpaired) electrons. The number of hydrogen-bond acceptors (Lipinski definition) is 4. The molecule has 2 aromatic carbocycles. The molecule has 7 nitrogen and oxygen atoms in total. The highest BCUT2D eigenvalue weighted by atomic mass is 16.3. The van der Waals surface area contributed by atoms with Crippen LogP contribution in [0.1, 0.15) is 12.8 Å². The number of anilines is 1. The standard InChI is InChI=1S/C19H18N4O3/c1-3-18-21-13-10-12(8-9-16(13)26-18)20-17(24)11-23-15-7-5-4-6-14(15)22(2)19(23)25/h4-10H,3,11H2,1-2H3,(H,20,24). The Hall–Kier alpha value is -3.35. The second-order valence-electron chi connectivity index (χ2n) is 6.11. The quantitative estimate of drug-likeness (QED) is 0.613. The average Bonchev–Trinajstić information content (AvgIpc) is 3.16. The highest BCUT2D eigenvalue weighted by molar-refractivity contribution is 5.93. The summed E-state index contributed by atoms with van der Waals surface area (Å²) in [5, 5.41) is 2.82. The van der Waals surface area contributed by atoms with Crippen molar-refractivity contribution in [2.45, 2.75) is 19.9 Å². The Morgan fingerprint density at radius 1 is 1.19 bits per heavy atom. The van der Waals surface area contributed by atoms with Gasteiger partial charge in [-0.25, -0.2) is 9.78 Å². The summed E-state index contributed by atoms with van der Waals surface area (Å²) >= 11 is 0. The van der Waals surface area contributed by atoms with Gasteiger partial charge in [0.2, 0.25) is 5.91 Å². The van der Waals surface area contributed by atoms with E-state index in [2.05, 4.69) is 10.3 Å². The van der Waals surface area contributed by atoms with Crippen molar-refractivity contribution in [1.82, 2.24) is 14.1 Å². The molecular formula is C19H18N4O3. The van der Waals surface area contributed by atoms with Crippen molar-refractivity contribution in [2.24, 2.45) is 7.05 Å². The van der Waals surface area contributed by atoms with Gasteiger partial charge < -0.3 is 9.73 Å². The molecule has 0 bridgehead atoms. The minimum absolute atomic E-state index is 0.0583. The molecule has 0 unspecified atom stereocenters. The minimum Gasteiger partial charge on any atom is -0.441 e. The number of rotatable bonds is 4. The maximum absolute atomic E-state index is 12.5. The van der Waals surface area contributed by atoms with E-state index in [9.17, 15) is 9.59 Å². The Morgan fingerprint density at radius 2 is 1.96 bits per heavy atom. The van der Waals surface area contributed by atoms with Crippen LogP contribution in [-0.2, 0) is 24.8 Å². The van der Waals surface area contributed by atoms with Crippen molar-refractivity contribution in [3.63, 3.8) is 0 Å². The summed E-state index contributed by atoms with van der Waals surface area (Å²) in [7, 11) is 1.70. The van der Waals surface area contributed by atoms with Crippen LogP contribution in [0.25, 0.3) is 22.1 Å². The molecule has 0 spiro atoms. The van der Waals surface area contributed by atoms with Crippen molar-refractivity contribution in [1.29, 1.82) is 0 Å². The number of oxazole rings is 1. The van der Waals surface area contributed by atoms with E-state index in [0.717, 1.165) is 11.0 Å². The van der Waals surface area contributed by atoms with E-state index < -0.39 is 0 Å².